The lowest BCUT2D eigenvalue weighted by Gasteiger charge is -2.39. The number of hydrogen-bond donors (Lipinski definition) is 11. The zero-order valence-corrected chi connectivity index (χ0v) is 56.5. The molecule has 1 aliphatic carbocycles. The Balaban J connectivity index is 0.918. The van der Waals surface area contributed by atoms with Crippen LogP contribution in [0.15, 0.2) is 72.4 Å². The summed E-state index contributed by atoms with van der Waals surface area (Å²) >= 11 is 0. The molecule has 8 unspecified atom stereocenters. The number of amides is 6. The monoisotopic (exact) mass is 1360 g/mol. The number of aliphatic hydroxyl groups is 1. The predicted molar refractivity (Wildman–Crippen MR) is 363 cm³/mol. The minimum atomic E-state index is -1.86. The number of likely N-dealkylation sites (N-methyl/N-ethyl adjacent to an activating group) is 1. The zero-order chi connectivity index (χ0) is 69.4. The molecule has 2 aromatic carbocycles. The number of carboxylic acid groups (broad SMARTS) is 3. The van der Waals surface area contributed by atoms with Crippen molar-refractivity contribution in [2.45, 2.75) is 166 Å². The van der Waals surface area contributed by atoms with E-state index in [1.807, 2.05) is 34.1 Å². The number of hydrogen-bond acceptors (Lipinski definition) is 18. The maximum absolute atomic E-state index is 14.6. The fraction of sp³-hybridized carbons (Fsp3) is 0.515. The van der Waals surface area contributed by atoms with Crippen LogP contribution in [-0.2, 0) is 49.5 Å². The lowest BCUT2D eigenvalue weighted by molar-refractivity contribution is -0.148. The zero-order valence-electron chi connectivity index (χ0n) is 54.9. The molecule has 12 N–H and O–H groups in total. The number of aliphatic hydroxyl groups excluding tert-OH is 1. The second kappa shape index (κ2) is 37.1. The Bertz CT molecular complexity index is 3590. The largest absolute Gasteiger partial charge is 0.481 e. The van der Waals surface area contributed by atoms with Gasteiger partial charge in [-0.25, -0.2) is 14.8 Å². The summed E-state index contributed by atoms with van der Waals surface area (Å²) < 4.78 is 14.5. The number of carbonyl (C=O) groups excluding carboxylic acids is 6. The Labute approximate surface area is 566 Å². The molecule has 8 atom stereocenters. The summed E-state index contributed by atoms with van der Waals surface area (Å²) in [5.74, 6) is 0.883. The van der Waals surface area contributed by atoms with Gasteiger partial charge in [0.05, 0.1) is 43.0 Å². The fourth-order valence-corrected chi connectivity index (χ4v) is 14.0. The molecule has 6 amide bonds. The van der Waals surface area contributed by atoms with Crippen LogP contribution in [-0.4, -0.2) is 175 Å². The first-order valence-corrected chi connectivity index (χ1v) is 35.1. The summed E-state index contributed by atoms with van der Waals surface area (Å²) in [6.07, 6.45) is 10.6. The highest BCUT2D eigenvalue weighted by atomic mass is 33.1. The number of rotatable bonds is 37. The number of ether oxygens (including phenoxy) is 2. The molecule has 4 aromatic rings. The van der Waals surface area contributed by atoms with Crippen molar-refractivity contribution < 1.29 is 73.1 Å². The number of anilines is 1. The molecule has 518 valence electrons. The smallest absolute Gasteiger partial charge is 0.326 e. The summed E-state index contributed by atoms with van der Waals surface area (Å²) in [7, 11) is 4.72. The third kappa shape index (κ3) is 21.3. The Morgan fingerprint density at radius 3 is 2.25 bits per heavy atom. The van der Waals surface area contributed by atoms with Crippen molar-refractivity contribution in [1.29, 1.82) is 0 Å². The number of benzene rings is 2. The van der Waals surface area contributed by atoms with E-state index < -0.39 is 66.6 Å². The average Bonchev–Trinajstić information content (AvgIpc) is 0.845. The summed E-state index contributed by atoms with van der Waals surface area (Å²) in [4.78, 5) is 125. The molecule has 0 radical (unpaired) electrons. The van der Waals surface area contributed by atoms with E-state index in [0.717, 1.165) is 53.2 Å². The molecule has 96 heavy (non-hydrogen) atoms. The molecule has 0 bridgehead atoms. The van der Waals surface area contributed by atoms with Crippen molar-refractivity contribution >= 4 is 91.8 Å². The molecule has 0 spiro atoms. The number of aliphatic carboxylic acids is 3. The van der Waals surface area contributed by atoms with Gasteiger partial charge in [-0.1, -0.05) is 96.0 Å². The van der Waals surface area contributed by atoms with Crippen molar-refractivity contribution in [1.82, 2.24) is 51.3 Å². The van der Waals surface area contributed by atoms with E-state index in [1.165, 1.54) is 33.5 Å². The lowest BCUT2D eigenvalue weighted by atomic mass is 9.72. The van der Waals surface area contributed by atoms with Gasteiger partial charge in [0.1, 0.15) is 53.7 Å². The fourth-order valence-electron chi connectivity index (χ4n) is 11.9. The molecule has 28 heteroatoms. The molecule has 1 fully saturated rings. The molecule has 1 saturated heterocycles. The first kappa shape index (κ1) is 74.9. The van der Waals surface area contributed by atoms with Crippen molar-refractivity contribution in [3.63, 3.8) is 0 Å². The molecule has 4 heterocycles. The standard InChI is InChI=1S/C68H89N11O15S2/c1-6-16-42-33-53-47(31-40(42)3)62(48-32-41(4)50(70-7-2)34-54(48)94-53)45-18-10-11-19-46(45)67(90)78(5)28-14-22-57(83)75-49(65(88)72-26-12-8-9-21-56(82)76-51(35-59(84)85)66(89)77-52(68(91)92)36-60(86)87)20-15-29-95-96-30-25-55(81)71-27-13-17-43-37-79(58-24-23-44(38-80)93-58)64-61(43)63(69)73-39-74-64/h10-11,18-19,31-34,37,39,44,48-52,58,62,70,80H,6-9,12,14-16,20-30,35-36,38H2,1-5H3,(H,71,81)(H,72,88)(H,75,83)(H,76,82)(H,77,89)(H,84,85)(H,86,87)(H,91,92)(H2,69,73,74). The van der Waals surface area contributed by atoms with Crippen LogP contribution in [0.3, 0.4) is 0 Å². The summed E-state index contributed by atoms with van der Waals surface area (Å²) in [5, 5.41) is 54.2. The second-order valence-electron chi connectivity index (χ2n) is 24.0. The quantitative estimate of drug-likeness (QED) is 0.0113. The Kier molecular flexibility index (Phi) is 29.0. The predicted octanol–water partition coefficient (Wildman–Crippen LogP) is 5.64. The molecule has 26 nitrogen and oxygen atoms in total. The third-order valence-corrected chi connectivity index (χ3v) is 19.3. The number of unbranched alkanes of at least 4 members (excludes halogenated alkanes) is 2. The lowest BCUT2D eigenvalue weighted by Crippen LogP contribution is -2.52. The van der Waals surface area contributed by atoms with E-state index in [4.69, 9.17) is 20.3 Å². The van der Waals surface area contributed by atoms with Gasteiger partial charge in [-0.2, -0.15) is 0 Å². The van der Waals surface area contributed by atoms with Crippen molar-refractivity contribution in [2.24, 2.45) is 5.92 Å². The van der Waals surface area contributed by atoms with E-state index in [9.17, 15) is 58.5 Å². The van der Waals surface area contributed by atoms with Crippen molar-refractivity contribution in [3.8, 4) is 17.6 Å². The number of aryl methyl sites for hydroxylation is 2. The van der Waals surface area contributed by atoms with Crippen molar-refractivity contribution in [3.05, 3.63) is 106 Å². The van der Waals surface area contributed by atoms with Crippen LogP contribution in [0.1, 0.15) is 161 Å². The maximum Gasteiger partial charge on any atom is 0.326 e. The van der Waals surface area contributed by atoms with Gasteiger partial charge in [-0.05, 0) is 107 Å². The number of nitrogens with two attached hydrogens (primary N) is 1. The Morgan fingerprint density at radius 1 is 0.802 bits per heavy atom. The minimum Gasteiger partial charge on any atom is -0.481 e. The van der Waals surface area contributed by atoms with Crippen LogP contribution in [0.25, 0.3) is 11.0 Å². The molecule has 7 rings (SSSR count). The van der Waals surface area contributed by atoms with Crippen LogP contribution in [0.4, 0.5) is 5.82 Å². The first-order chi connectivity index (χ1) is 46.1. The number of nitrogens with one attached hydrogen (secondary N) is 6. The topological polar surface area (TPSA) is 385 Å². The van der Waals surface area contributed by atoms with Gasteiger partial charge in [0.15, 0.2) is 0 Å². The van der Waals surface area contributed by atoms with Crippen LogP contribution >= 0.6 is 21.6 Å². The van der Waals surface area contributed by atoms with Gasteiger partial charge in [0.2, 0.25) is 29.5 Å². The van der Waals surface area contributed by atoms with E-state index in [2.05, 4.69) is 100 Å². The van der Waals surface area contributed by atoms with Crippen LogP contribution in [0.5, 0.6) is 5.75 Å². The van der Waals surface area contributed by atoms with Crippen LogP contribution in [0.2, 0.25) is 0 Å². The van der Waals surface area contributed by atoms with Gasteiger partial charge in [-0.15, -0.1) is 0 Å². The van der Waals surface area contributed by atoms with Gasteiger partial charge >= 0.3 is 17.9 Å². The van der Waals surface area contributed by atoms with E-state index in [1.54, 1.807) is 18.1 Å². The van der Waals surface area contributed by atoms with Crippen LogP contribution in [0, 0.1) is 24.7 Å². The number of carbonyl (C=O) groups is 9. The molecule has 2 aromatic heterocycles. The molecular formula is C68H89N11O15S2. The highest BCUT2D eigenvalue weighted by Gasteiger charge is 2.40. The van der Waals surface area contributed by atoms with Gasteiger partial charge in [0, 0.05) is 86.1 Å². The third-order valence-electron chi connectivity index (χ3n) is 16.8. The number of carboxylic acids is 3. The van der Waals surface area contributed by atoms with E-state index in [0.29, 0.717) is 72.2 Å². The van der Waals surface area contributed by atoms with Gasteiger partial charge in [-0.3, -0.25) is 38.4 Å². The first-order valence-electron chi connectivity index (χ1n) is 32.6. The summed E-state index contributed by atoms with van der Waals surface area (Å²) in [6.45, 7) is 9.63. The molecular weight excluding hydrogens is 1270 g/mol. The van der Waals surface area contributed by atoms with Crippen molar-refractivity contribution in [2.75, 3.05) is 57.1 Å². The number of nitrogen functional groups attached to an aromatic ring is 1. The summed E-state index contributed by atoms with van der Waals surface area (Å²) in [5.41, 5.74) is 13.3. The van der Waals surface area contributed by atoms with Gasteiger partial charge in [0.25, 0.3) is 5.91 Å². The number of fused-ring (bicyclic) bond motifs is 3. The average molecular weight is 1360 g/mol. The van der Waals surface area contributed by atoms with Gasteiger partial charge < -0.3 is 77.0 Å². The SMILES string of the molecule is CCCc1cc2c(cc1C)C(c1ccccc1C(=O)N(C)CCCC(=O)NC(CCCSSCCC(=O)NCC#Cc1cn(C3CCC(CO)O3)c3ncnc(N)c13)C(=O)NCCCCCC(=O)NC(CC(=O)O)C(=O)NC(CC(=O)O)C(=O)O)C1C=C(C)C(NCC)C=C1O2. The Hall–Kier alpha value is -8.49. The highest BCUT2D eigenvalue weighted by molar-refractivity contribution is 8.76. The minimum absolute atomic E-state index is 0.0107. The highest BCUT2D eigenvalue weighted by Crippen LogP contribution is 2.50. The molecule has 3 aliphatic rings. The van der Waals surface area contributed by atoms with E-state index in [-0.39, 0.29) is 112 Å². The normalized spacial score (nSPS) is 17.9. The molecule has 2 aliphatic heterocycles. The number of aromatic nitrogens is 3. The molecule has 0 saturated carbocycles. The number of nitrogens with zero attached hydrogens (tertiary/aromatic N) is 4. The maximum atomic E-state index is 14.6. The summed E-state index contributed by atoms with van der Waals surface area (Å²) in [6, 6.07) is 7.58. The second-order valence-corrected chi connectivity index (χ2v) is 26.7. The Morgan fingerprint density at radius 2 is 1.53 bits per heavy atom. The number of allylic oxidation sites excluding steroid dienone is 1. The van der Waals surface area contributed by atoms with E-state index >= 15 is 0 Å². The van der Waals surface area contributed by atoms with Crippen LogP contribution < -0.4 is 42.4 Å².